The molecule has 1 aliphatic heterocycles. The fourth-order valence-electron chi connectivity index (χ4n) is 2.97. The number of nitrogens with zero attached hydrogens (tertiary/aromatic N) is 2. The molecular weight excluding hydrogens is 282 g/mol. The lowest BCUT2D eigenvalue weighted by Gasteiger charge is -2.21. The van der Waals surface area contributed by atoms with Crippen LogP contribution in [0.1, 0.15) is 18.4 Å². The van der Waals surface area contributed by atoms with Gasteiger partial charge >= 0.3 is 0 Å². The third-order valence-electron chi connectivity index (χ3n) is 4.09. The van der Waals surface area contributed by atoms with E-state index in [9.17, 15) is 0 Å². The summed E-state index contributed by atoms with van der Waals surface area (Å²) in [6.07, 6.45) is 1.92. The van der Waals surface area contributed by atoms with Gasteiger partial charge in [-0.1, -0.05) is 30.4 Å². The monoisotopic (exact) mass is 301 g/mol. The average molecular weight is 301 g/mol. The highest BCUT2D eigenvalue weighted by atomic mass is 32.1. The van der Waals surface area contributed by atoms with Gasteiger partial charge < -0.3 is 15.7 Å². The highest BCUT2D eigenvalue weighted by molar-refractivity contribution is 7.80. The SMILES string of the molecule is NC(=S)c1cc2ccccc2nc1N1CCC(CCO)C1. The maximum atomic E-state index is 9.09. The van der Waals surface area contributed by atoms with Crippen molar-refractivity contribution in [3.05, 3.63) is 35.9 Å². The van der Waals surface area contributed by atoms with Crippen molar-refractivity contribution in [3.8, 4) is 0 Å². The van der Waals surface area contributed by atoms with Crippen LogP contribution in [0.3, 0.4) is 0 Å². The van der Waals surface area contributed by atoms with Crippen LogP contribution in [-0.2, 0) is 0 Å². The second kappa shape index (κ2) is 5.95. The fraction of sp³-hybridized carbons (Fsp3) is 0.375. The first-order valence-corrected chi connectivity index (χ1v) is 7.65. The van der Waals surface area contributed by atoms with E-state index < -0.39 is 0 Å². The van der Waals surface area contributed by atoms with Crippen molar-refractivity contribution in [3.63, 3.8) is 0 Å². The van der Waals surface area contributed by atoms with Crippen LogP contribution in [-0.4, -0.2) is 34.8 Å². The molecule has 1 aliphatic rings. The lowest BCUT2D eigenvalue weighted by molar-refractivity contribution is 0.263. The molecule has 110 valence electrons. The molecule has 5 heteroatoms. The van der Waals surface area contributed by atoms with Crippen LogP contribution in [0.5, 0.6) is 0 Å². The lowest BCUT2D eigenvalue weighted by atomic mass is 10.1. The van der Waals surface area contributed by atoms with E-state index in [0.29, 0.717) is 10.9 Å². The summed E-state index contributed by atoms with van der Waals surface area (Å²) in [7, 11) is 0. The minimum Gasteiger partial charge on any atom is -0.396 e. The van der Waals surface area contributed by atoms with Crippen molar-refractivity contribution in [2.24, 2.45) is 11.7 Å². The van der Waals surface area contributed by atoms with Crippen LogP contribution >= 0.6 is 12.2 Å². The predicted octanol–water partition coefficient (Wildman–Crippen LogP) is 2.08. The molecule has 1 aromatic heterocycles. The highest BCUT2D eigenvalue weighted by Crippen LogP contribution is 2.29. The number of aliphatic hydroxyl groups excluding tert-OH is 1. The van der Waals surface area contributed by atoms with E-state index in [2.05, 4.69) is 4.90 Å². The third-order valence-corrected chi connectivity index (χ3v) is 4.31. The normalized spacial score (nSPS) is 18.3. The number of para-hydroxylation sites is 1. The molecule has 1 unspecified atom stereocenters. The molecule has 4 nitrogen and oxygen atoms in total. The number of benzene rings is 1. The van der Waals surface area contributed by atoms with Crippen LogP contribution < -0.4 is 10.6 Å². The number of aliphatic hydroxyl groups is 1. The number of aromatic nitrogens is 1. The number of thiocarbonyl (C=S) groups is 1. The average Bonchev–Trinajstić information content (AvgIpc) is 2.94. The van der Waals surface area contributed by atoms with Gasteiger partial charge in [-0.2, -0.15) is 0 Å². The van der Waals surface area contributed by atoms with Crippen molar-refractivity contribution in [2.45, 2.75) is 12.8 Å². The van der Waals surface area contributed by atoms with Gasteiger partial charge in [-0.25, -0.2) is 4.98 Å². The lowest BCUT2D eigenvalue weighted by Crippen LogP contribution is -2.25. The van der Waals surface area contributed by atoms with Gasteiger partial charge in [-0.3, -0.25) is 0 Å². The van der Waals surface area contributed by atoms with Crippen LogP contribution in [0.15, 0.2) is 30.3 Å². The van der Waals surface area contributed by atoms with E-state index in [1.807, 2.05) is 30.3 Å². The molecule has 0 radical (unpaired) electrons. The van der Waals surface area contributed by atoms with Crippen molar-refractivity contribution in [1.82, 2.24) is 4.98 Å². The van der Waals surface area contributed by atoms with Gasteiger partial charge in [0.1, 0.15) is 10.8 Å². The summed E-state index contributed by atoms with van der Waals surface area (Å²) in [6.45, 7) is 2.08. The quantitative estimate of drug-likeness (QED) is 0.847. The maximum Gasteiger partial charge on any atom is 0.139 e. The molecular formula is C16H19N3OS. The van der Waals surface area contributed by atoms with Crippen LogP contribution in [0.25, 0.3) is 10.9 Å². The Labute approximate surface area is 129 Å². The summed E-state index contributed by atoms with van der Waals surface area (Å²) in [4.78, 5) is 7.39. The van der Waals surface area contributed by atoms with Gasteiger partial charge in [-0.15, -0.1) is 0 Å². The Kier molecular flexibility index (Phi) is 4.03. The molecule has 1 aromatic carbocycles. The molecule has 3 N–H and O–H groups in total. The summed E-state index contributed by atoms with van der Waals surface area (Å²) >= 11 is 5.20. The second-order valence-corrected chi connectivity index (χ2v) is 5.97. The van der Waals surface area contributed by atoms with Crippen LogP contribution in [0, 0.1) is 5.92 Å². The molecule has 1 atom stereocenters. The number of pyridine rings is 1. The maximum absolute atomic E-state index is 9.09. The molecule has 21 heavy (non-hydrogen) atoms. The molecule has 0 bridgehead atoms. The molecule has 0 saturated carbocycles. The Bertz CT molecular complexity index is 674. The summed E-state index contributed by atoms with van der Waals surface area (Å²) in [6, 6.07) is 10.0. The molecule has 2 aromatic rings. The fourth-order valence-corrected chi connectivity index (χ4v) is 3.12. The summed E-state index contributed by atoms with van der Waals surface area (Å²) in [5.74, 6) is 1.39. The Balaban J connectivity index is 2.00. The summed E-state index contributed by atoms with van der Waals surface area (Å²) in [5.41, 5.74) is 7.69. The van der Waals surface area contributed by atoms with Crippen molar-refractivity contribution >= 4 is 33.9 Å². The van der Waals surface area contributed by atoms with E-state index >= 15 is 0 Å². The summed E-state index contributed by atoms with van der Waals surface area (Å²) in [5, 5.41) is 10.1. The Morgan fingerprint density at radius 3 is 3.00 bits per heavy atom. The molecule has 1 fully saturated rings. The van der Waals surface area contributed by atoms with E-state index in [1.165, 1.54) is 0 Å². The molecule has 0 spiro atoms. The first-order valence-electron chi connectivity index (χ1n) is 7.24. The Morgan fingerprint density at radius 1 is 1.43 bits per heavy atom. The minimum atomic E-state index is 0.242. The number of nitrogens with two attached hydrogens (primary N) is 1. The van der Waals surface area contributed by atoms with Crippen molar-refractivity contribution in [1.29, 1.82) is 0 Å². The number of rotatable bonds is 4. The number of fused-ring (bicyclic) bond motifs is 1. The topological polar surface area (TPSA) is 62.4 Å². The first-order chi connectivity index (χ1) is 10.2. The largest absolute Gasteiger partial charge is 0.396 e. The van der Waals surface area contributed by atoms with Crippen LogP contribution in [0.4, 0.5) is 5.82 Å². The Hall–Kier alpha value is -1.72. The molecule has 2 heterocycles. The van der Waals surface area contributed by atoms with Gasteiger partial charge in [-0.05, 0) is 30.9 Å². The highest BCUT2D eigenvalue weighted by Gasteiger charge is 2.25. The van der Waals surface area contributed by atoms with Gasteiger partial charge in [0, 0.05) is 25.1 Å². The zero-order valence-corrected chi connectivity index (χ0v) is 12.6. The number of hydrogen-bond acceptors (Lipinski definition) is 4. The van der Waals surface area contributed by atoms with E-state index in [4.69, 9.17) is 28.0 Å². The molecule has 1 saturated heterocycles. The number of hydrogen-bond donors (Lipinski definition) is 2. The van der Waals surface area contributed by atoms with Gasteiger partial charge in [0.15, 0.2) is 0 Å². The zero-order chi connectivity index (χ0) is 14.8. The second-order valence-electron chi connectivity index (χ2n) is 5.53. The van der Waals surface area contributed by atoms with Crippen LogP contribution in [0.2, 0.25) is 0 Å². The Morgan fingerprint density at radius 2 is 2.24 bits per heavy atom. The summed E-state index contributed by atoms with van der Waals surface area (Å²) < 4.78 is 0. The predicted molar refractivity (Wildman–Crippen MR) is 89.7 cm³/mol. The third kappa shape index (κ3) is 2.84. The zero-order valence-electron chi connectivity index (χ0n) is 11.8. The minimum absolute atomic E-state index is 0.242. The first kappa shape index (κ1) is 14.2. The van der Waals surface area contributed by atoms with Gasteiger partial charge in [0.2, 0.25) is 0 Å². The standard InChI is InChI=1S/C16H19N3OS/c17-15(21)13-9-12-3-1-2-4-14(12)18-16(13)19-7-5-11(10-19)6-8-20/h1-4,9,11,20H,5-8,10H2,(H2,17,21). The van der Waals surface area contributed by atoms with Crippen molar-refractivity contribution in [2.75, 3.05) is 24.6 Å². The number of anilines is 1. The van der Waals surface area contributed by atoms with E-state index in [1.54, 1.807) is 0 Å². The van der Waals surface area contributed by atoms with E-state index in [0.717, 1.165) is 48.2 Å². The van der Waals surface area contributed by atoms with Gasteiger partial charge in [0.05, 0.1) is 11.1 Å². The molecule has 0 aliphatic carbocycles. The van der Waals surface area contributed by atoms with E-state index in [-0.39, 0.29) is 6.61 Å². The van der Waals surface area contributed by atoms with Gasteiger partial charge in [0.25, 0.3) is 0 Å². The molecule has 3 rings (SSSR count). The molecule has 0 amide bonds. The van der Waals surface area contributed by atoms with Crippen molar-refractivity contribution < 1.29 is 5.11 Å². The smallest absolute Gasteiger partial charge is 0.139 e.